The van der Waals surface area contributed by atoms with Gasteiger partial charge in [0.1, 0.15) is 0 Å². The molecule has 4 nitrogen and oxygen atoms in total. The lowest BCUT2D eigenvalue weighted by Crippen LogP contribution is -2.23. The summed E-state index contributed by atoms with van der Waals surface area (Å²) in [6, 6.07) is 10.2. The minimum Gasteiger partial charge on any atom is -0.360 e. The first kappa shape index (κ1) is 15.6. The standard InChI is InChI=1S/C17H12Cl2N2O2/c1-9-6-10(18)2-4-14(9)21-17(23)16(22)13-8-20-15-5-3-11(19)7-12(13)15/h2-8,20H,1H3,(H,21,23). The van der Waals surface area contributed by atoms with E-state index in [4.69, 9.17) is 23.2 Å². The maximum atomic E-state index is 12.4. The predicted octanol–water partition coefficient (Wildman–Crippen LogP) is 4.60. The molecule has 0 aliphatic heterocycles. The van der Waals surface area contributed by atoms with E-state index < -0.39 is 11.7 Å². The first-order valence-corrected chi connectivity index (χ1v) is 7.60. The second-order valence-corrected chi connectivity index (χ2v) is 6.01. The van der Waals surface area contributed by atoms with Crippen LogP contribution in [0.3, 0.4) is 0 Å². The van der Waals surface area contributed by atoms with E-state index >= 15 is 0 Å². The summed E-state index contributed by atoms with van der Waals surface area (Å²) in [7, 11) is 0. The molecule has 23 heavy (non-hydrogen) atoms. The molecule has 116 valence electrons. The Hall–Kier alpha value is -2.30. The Balaban J connectivity index is 1.89. The molecule has 0 radical (unpaired) electrons. The monoisotopic (exact) mass is 346 g/mol. The van der Waals surface area contributed by atoms with Gasteiger partial charge in [0.15, 0.2) is 0 Å². The third-order valence-electron chi connectivity index (χ3n) is 3.53. The van der Waals surface area contributed by atoms with Crippen LogP contribution in [0.15, 0.2) is 42.6 Å². The smallest absolute Gasteiger partial charge is 0.296 e. The summed E-state index contributed by atoms with van der Waals surface area (Å²) in [5.41, 5.74) is 2.35. The van der Waals surface area contributed by atoms with Gasteiger partial charge in [-0.1, -0.05) is 23.2 Å². The molecular weight excluding hydrogens is 335 g/mol. The SMILES string of the molecule is Cc1cc(Cl)ccc1NC(=O)C(=O)c1c[nH]c2ccc(Cl)cc12. The molecule has 0 unspecified atom stereocenters. The van der Waals surface area contributed by atoms with Gasteiger partial charge in [0, 0.05) is 32.8 Å². The number of H-pyrrole nitrogens is 1. The van der Waals surface area contributed by atoms with E-state index in [2.05, 4.69) is 10.3 Å². The highest BCUT2D eigenvalue weighted by Crippen LogP contribution is 2.24. The predicted molar refractivity (Wildman–Crippen MR) is 92.5 cm³/mol. The van der Waals surface area contributed by atoms with E-state index in [1.807, 2.05) is 0 Å². The van der Waals surface area contributed by atoms with Crippen molar-refractivity contribution in [3.63, 3.8) is 0 Å². The van der Waals surface area contributed by atoms with Crippen molar-refractivity contribution in [2.45, 2.75) is 6.92 Å². The van der Waals surface area contributed by atoms with Crippen LogP contribution in [0, 0.1) is 6.92 Å². The molecule has 0 bridgehead atoms. The third kappa shape index (κ3) is 3.09. The fraction of sp³-hybridized carbons (Fsp3) is 0.0588. The minimum atomic E-state index is -0.712. The number of halogens is 2. The van der Waals surface area contributed by atoms with E-state index in [-0.39, 0.29) is 5.56 Å². The molecule has 0 aliphatic carbocycles. The van der Waals surface area contributed by atoms with Crippen LogP contribution in [0.2, 0.25) is 10.0 Å². The number of carbonyl (C=O) groups excluding carboxylic acids is 2. The van der Waals surface area contributed by atoms with Gasteiger partial charge in [0.05, 0.1) is 5.56 Å². The average Bonchev–Trinajstić information content (AvgIpc) is 2.92. The van der Waals surface area contributed by atoms with Crippen molar-refractivity contribution in [1.82, 2.24) is 4.98 Å². The van der Waals surface area contributed by atoms with Crippen molar-refractivity contribution < 1.29 is 9.59 Å². The molecule has 1 amide bonds. The van der Waals surface area contributed by atoms with Crippen molar-refractivity contribution in [2.75, 3.05) is 5.32 Å². The number of fused-ring (bicyclic) bond motifs is 1. The highest BCUT2D eigenvalue weighted by molar-refractivity contribution is 6.48. The first-order valence-electron chi connectivity index (χ1n) is 6.84. The van der Waals surface area contributed by atoms with Crippen molar-refractivity contribution in [1.29, 1.82) is 0 Å². The zero-order valence-corrected chi connectivity index (χ0v) is 13.6. The molecule has 2 N–H and O–H groups in total. The van der Waals surface area contributed by atoms with Gasteiger partial charge in [-0.2, -0.15) is 0 Å². The van der Waals surface area contributed by atoms with Gasteiger partial charge in [0.25, 0.3) is 11.7 Å². The van der Waals surface area contributed by atoms with Crippen molar-refractivity contribution in [2.24, 2.45) is 0 Å². The van der Waals surface area contributed by atoms with E-state index in [9.17, 15) is 9.59 Å². The first-order chi connectivity index (χ1) is 11.0. The Kier molecular flexibility index (Phi) is 4.11. The summed E-state index contributed by atoms with van der Waals surface area (Å²) in [4.78, 5) is 27.6. The normalized spacial score (nSPS) is 10.7. The number of hydrogen-bond donors (Lipinski definition) is 2. The van der Waals surface area contributed by atoms with Gasteiger partial charge in [0.2, 0.25) is 0 Å². The largest absolute Gasteiger partial charge is 0.360 e. The second-order valence-electron chi connectivity index (χ2n) is 5.13. The lowest BCUT2D eigenvalue weighted by atomic mass is 10.1. The van der Waals surface area contributed by atoms with Gasteiger partial charge in [-0.15, -0.1) is 0 Å². The third-order valence-corrected chi connectivity index (χ3v) is 4.00. The van der Waals surface area contributed by atoms with Crippen molar-refractivity contribution in [3.05, 3.63) is 63.8 Å². The zero-order chi connectivity index (χ0) is 16.6. The lowest BCUT2D eigenvalue weighted by Gasteiger charge is -2.07. The van der Waals surface area contributed by atoms with Crippen LogP contribution in [0.5, 0.6) is 0 Å². The molecule has 3 aromatic rings. The van der Waals surface area contributed by atoms with Crippen molar-refractivity contribution >= 4 is 51.5 Å². The highest BCUT2D eigenvalue weighted by atomic mass is 35.5. The van der Waals surface area contributed by atoms with Crippen LogP contribution in [-0.4, -0.2) is 16.7 Å². The molecule has 0 saturated heterocycles. The summed E-state index contributed by atoms with van der Waals surface area (Å²) in [6.07, 6.45) is 1.51. The average molecular weight is 347 g/mol. The lowest BCUT2D eigenvalue weighted by molar-refractivity contribution is -0.112. The number of aromatic nitrogens is 1. The number of nitrogens with one attached hydrogen (secondary N) is 2. The molecule has 1 aromatic heterocycles. The van der Waals surface area contributed by atoms with Crippen LogP contribution in [-0.2, 0) is 4.79 Å². The van der Waals surface area contributed by atoms with E-state index in [0.717, 1.165) is 11.1 Å². The van der Waals surface area contributed by atoms with E-state index in [1.54, 1.807) is 43.3 Å². The quantitative estimate of drug-likeness (QED) is 0.537. The van der Waals surface area contributed by atoms with Crippen LogP contribution < -0.4 is 5.32 Å². The highest BCUT2D eigenvalue weighted by Gasteiger charge is 2.20. The number of benzene rings is 2. The van der Waals surface area contributed by atoms with E-state index in [0.29, 0.717) is 21.1 Å². The molecule has 0 spiro atoms. The Morgan fingerprint density at radius 3 is 2.48 bits per heavy atom. The Bertz CT molecular complexity index is 931. The summed E-state index contributed by atoms with van der Waals surface area (Å²) >= 11 is 11.8. The molecule has 0 atom stereocenters. The fourth-order valence-corrected chi connectivity index (χ4v) is 2.75. The maximum Gasteiger partial charge on any atom is 0.296 e. The van der Waals surface area contributed by atoms with Crippen LogP contribution in [0.1, 0.15) is 15.9 Å². The van der Waals surface area contributed by atoms with Crippen LogP contribution in [0.4, 0.5) is 5.69 Å². The Morgan fingerprint density at radius 2 is 1.74 bits per heavy atom. The topological polar surface area (TPSA) is 62.0 Å². The molecule has 0 fully saturated rings. The summed E-state index contributed by atoms with van der Waals surface area (Å²) in [5.74, 6) is -1.34. The summed E-state index contributed by atoms with van der Waals surface area (Å²) in [5, 5.41) is 4.29. The Labute approximate surface area is 142 Å². The zero-order valence-electron chi connectivity index (χ0n) is 12.1. The molecule has 0 saturated carbocycles. The number of carbonyl (C=O) groups is 2. The summed E-state index contributed by atoms with van der Waals surface area (Å²) in [6.45, 7) is 1.80. The number of amides is 1. The Morgan fingerprint density at radius 1 is 1.04 bits per heavy atom. The van der Waals surface area contributed by atoms with Crippen molar-refractivity contribution in [3.8, 4) is 0 Å². The number of aryl methyl sites for hydroxylation is 1. The van der Waals surface area contributed by atoms with E-state index in [1.165, 1.54) is 6.20 Å². The number of ketones is 1. The van der Waals surface area contributed by atoms with Gasteiger partial charge >= 0.3 is 0 Å². The van der Waals surface area contributed by atoms with Crippen LogP contribution >= 0.6 is 23.2 Å². The maximum absolute atomic E-state index is 12.4. The molecular formula is C17H12Cl2N2O2. The molecule has 3 rings (SSSR count). The molecule has 1 heterocycles. The fourth-order valence-electron chi connectivity index (χ4n) is 2.35. The number of Topliss-reactive ketones (excluding diaryl/α,β-unsaturated/α-hetero) is 1. The van der Waals surface area contributed by atoms with Gasteiger partial charge < -0.3 is 10.3 Å². The molecule has 2 aromatic carbocycles. The molecule has 6 heteroatoms. The molecule has 0 aliphatic rings. The number of rotatable bonds is 3. The van der Waals surface area contributed by atoms with Crippen LogP contribution in [0.25, 0.3) is 10.9 Å². The number of hydrogen-bond acceptors (Lipinski definition) is 2. The second kappa shape index (κ2) is 6.07. The van der Waals surface area contributed by atoms with Gasteiger partial charge in [-0.25, -0.2) is 0 Å². The number of aromatic amines is 1. The van der Waals surface area contributed by atoms with Gasteiger partial charge in [-0.3, -0.25) is 9.59 Å². The number of anilines is 1. The summed E-state index contributed by atoms with van der Waals surface area (Å²) < 4.78 is 0. The minimum absolute atomic E-state index is 0.284. The van der Waals surface area contributed by atoms with Gasteiger partial charge in [-0.05, 0) is 48.9 Å².